The number of hydrogen-bond acceptors (Lipinski definition) is 4. The maximum Gasteiger partial charge on any atom is 0.246 e. The average Bonchev–Trinajstić information content (AvgIpc) is 2.76. The third-order valence-electron chi connectivity index (χ3n) is 2.93. The summed E-state index contributed by atoms with van der Waals surface area (Å²) in [4.78, 5) is 0.128. The van der Waals surface area contributed by atoms with Gasteiger partial charge in [-0.1, -0.05) is 11.6 Å². The number of halogens is 1. The Hall–Kier alpha value is -0.820. The molecule has 1 unspecified atom stereocenters. The van der Waals surface area contributed by atoms with Gasteiger partial charge in [0, 0.05) is 30.2 Å². The van der Waals surface area contributed by atoms with Crippen LogP contribution in [-0.2, 0) is 10.0 Å². The van der Waals surface area contributed by atoms with Crippen molar-refractivity contribution in [1.29, 1.82) is 0 Å². The van der Waals surface area contributed by atoms with Crippen molar-refractivity contribution >= 4 is 21.6 Å². The van der Waals surface area contributed by atoms with Crippen LogP contribution in [0.3, 0.4) is 0 Å². The van der Waals surface area contributed by atoms with Crippen molar-refractivity contribution in [2.45, 2.75) is 17.4 Å². The molecule has 0 saturated carbocycles. The fraction of sp³-hybridized carbons (Fsp3) is 0.455. The minimum Gasteiger partial charge on any atom is -0.495 e. The van der Waals surface area contributed by atoms with Crippen molar-refractivity contribution in [3.8, 4) is 5.75 Å². The average molecular weight is 291 g/mol. The molecule has 1 atom stereocenters. The van der Waals surface area contributed by atoms with Gasteiger partial charge < -0.3 is 10.5 Å². The highest BCUT2D eigenvalue weighted by atomic mass is 35.5. The second-order valence-electron chi connectivity index (χ2n) is 4.21. The van der Waals surface area contributed by atoms with E-state index in [1.54, 1.807) is 0 Å². The van der Waals surface area contributed by atoms with E-state index < -0.39 is 10.0 Å². The predicted octanol–water partition coefficient (Wildman–Crippen LogP) is 1.07. The summed E-state index contributed by atoms with van der Waals surface area (Å²) in [5.41, 5.74) is 5.74. The third-order valence-corrected chi connectivity index (χ3v) is 5.07. The molecule has 18 heavy (non-hydrogen) atoms. The standard InChI is InChI=1S/C11H15ClN2O3S/c1-17-10-6-8(12)2-3-11(10)18(15,16)14-5-4-9(13)7-14/h2-3,6,9H,4-5,7,13H2,1H3. The van der Waals surface area contributed by atoms with E-state index in [0.717, 1.165) is 0 Å². The molecule has 1 aliphatic rings. The van der Waals surface area contributed by atoms with E-state index in [2.05, 4.69) is 0 Å². The Morgan fingerprint density at radius 1 is 1.50 bits per heavy atom. The molecule has 1 aromatic rings. The number of nitrogens with two attached hydrogens (primary N) is 1. The number of rotatable bonds is 3. The van der Waals surface area contributed by atoms with Crippen molar-refractivity contribution in [2.24, 2.45) is 5.73 Å². The summed E-state index contributed by atoms with van der Waals surface area (Å²) in [6, 6.07) is 4.38. The minimum absolute atomic E-state index is 0.0990. The van der Waals surface area contributed by atoms with E-state index >= 15 is 0 Å². The highest BCUT2D eigenvalue weighted by molar-refractivity contribution is 7.89. The molecule has 0 amide bonds. The smallest absolute Gasteiger partial charge is 0.246 e. The summed E-state index contributed by atoms with van der Waals surface area (Å²) < 4.78 is 31.3. The SMILES string of the molecule is COc1cc(Cl)ccc1S(=O)(=O)N1CCC(N)C1. The van der Waals surface area contributed by atoms with Crippen molar-refractivity contribution in [1.82, 2.24) is 4.31 Å². The van der Waals surface area contributed by atoms with Crippen LogP contribution in [0.25, 0.3) is 0 Å². The molecule has 1 aliphatic heterocycles. The van der Waals surface area contributed by atoms with Crippen LogP contribution in [-0.4, -0.2) is 39.0 Å². The van der Waals surface area contributed by atoms with Gasteiger partial charge in [-0.2, -0.15) is 4.31 Å². The summed E-state index contributed by atoms with van der Waals surface area (Å²) in [5.74, 6) is 0.253. The van der Waals surface area contributed by atoms with Crippen molar-refractivity contribution < 1.29 is 13.2 Å². The fourth-order valence-electron chi connectivity index (χ4n) is 1.97. The summed E-state index contributed by atoms with van der Waals surface area (Å²) >= 11 is 5.82. The Balaban J connectivity index is 2.41. The first kappa shape index (κ1) is 13.6. The second kappa shape index (κ2) is 5.05. The lowest BCUT2D eigenvalue weighted by molar-refractivity contribution is 0.398. The molecular weight excluding hydrogens is 276 g/mol. The highest BCUT2D eigenvalue weighted by Gasteiger charge is 2.32. The zero-order chi connectivity index (χ0) is 13.3. The van der Waals surface area contributed by atoms with Crippen molar-refractivity contribution in [2.75, 3.05) is 20.2 Å². The predicted molar refractivity (Wildman–Crippen MR) is 69.4 cm³/mol. The van der Waals surface area contributed by atoms with Crippen molar-refractivity contribution in [3.05, 3.63) is 23.2 Å². The number of ether oxygens (including phenoxy) is 1. The molecule has 0 aliphatic carbocycles. The van der Waals surface area contributed by atoms with Gasteiger partial charge in [-0.25, -0.2) is 8.42 Å². The Morgan fingerprint density at radius 2 is 2.22 bits per heavy atom. The lowest BCUT2D eigenvalue weighted by Gasteiger charge is -2.17. The largest absolute Gasteiger partial charge is 0.495 e. The van der Waals surface area contributed by atoms with Crippen LogP contribution in [0.1, 0.15) is 6.42 Å². The van der Waals surface area contributed by atoms with Crippen LogP contribution in [0.15, 0.2) is 23.1 Å². The van der Waals surface area contributed by atoms with Crippen molar-refractivity contribution in [3.63, 3.8) is 0 Å². The molecule has 0 aromatic heterocycles. The van der Waals surface area contributed by atoms with E-state index in [1.807, 2.05) is 0 Å². The Kier molecular flexibility index (Phi) is 3.82. The highest BCUT2D eigenvalue weighted by Crippen LogP contribution is 2.30. The topological polar surface area (TPSA) is 72.6 Å². The molecule has 2 N–H and O–H groups in total. The quantitative estimate of drug-likeness (QED) is 0.904. The van der Waals surface area contributed by atoms with Gasteiger partial charge in [0.2, 0.25) is 10.0 Å². The minimum atomic E-state index is -3.56. The first-order chi connectivity index (χ1) is 8.45. The maximum atomic E-state index is 12.4. The normalized spacial score (nSPS) is 21.2. The molecule has 1 fully saturated rings. The molecule has 2 rings (SSSR count). The molecule has 100 valence electrons. The van der Waals surface area contributed by atoms with Crippen LogP contribution in [0.4, 0.5) is 0 Å². The molecule has 1 heterocycles. The molecule has 0 radical (unpaired) electrons. The van der Waals surface area contributed by atoms with Crippen LogP contribution >= 0.6 is 11.6 Å². The van der Waals surface area contributed by atoms with E-state index in [9.17, 15) is 8.42 Å². The van der Waals surface area contributed by atoms with Crippen LogP contribution in [0.5, 0.6) is 5.75 Å². The van der Waals surface area contributed by atoms with Crippen LogP contribution < -0.4 is 10.5 Å². The second-order valence-corrected chi connectivity index (χ2v) is 6.55. The molecule has 7 heteroatoms. The Bertz CT molecular complexity index is 547. The van der Waals surface area contributed by atoms with E-state index in [0.29, 0.717) is 24.5 Å². The first-order valence-electron chi connectivity index (χ1n) is 5.54. The molecule has 1 saturated heterocycles. The Labute approximate surface area is 112 Å². The van der Waals surface area contributed by atoms with Gasteiger partial charge in [0.25, 0.3) is 0 Å². The van der Waals surface area contributed by atoms with E-state index in [4.69, 9.17) is 22.1 Å². The molecule has 5 nitrogen and oxygen atoms in total. The molecule has 0 bridgehead atoms. The van der Waals surface area contributed by atoms with Gasteiger partial charge in [-0.3, -0.25) is 0 Å². The number of methoxy groups -OCH3 is 1. The van der Waals surface area contributed by atoms with E-state index in [-0.39, 0.29) is 16.7 Å². The number of nitrogens with zero attached hydrogens (tertiary/aromatic N) is 1. The fourth-order valence-corrected chi connectivity index (χ4v) is 3.78. The molecule has 1 aromatic carbocycles. The first-order valence-corrected chi connectivity index (χ1v) is 7.36. The molecule has 0 spiro atoms. The van der Waals surface area contributed by atoms with E-state index in [1.165, 1.54) is 29.6 Å². The van der Waals surface area contributed by atoms with Gasteiger partial charge in [-0.15, -0.1) is 0 Å². The number of benzene rings is 1. The van der Waals surface area contributed by atoms with Crippen LogP contribution in [0.2, 0.25) is 5.02 Å². The maximum absolute atomic E-state index is 12.4. The monoisotopic (exact) mass is 290 g/mol. The lowest BCUT2D eigenvalue weighted by atomic mass is 10.3. The Morgan fingerprint density at radius 3 is 2.78 bits per heavy atom. The van der Waals surface area contributed by atoms with Gasteiger partial charge in [0.1, 0.15) is 10.6 Å². The summed E-state index contributed by atoms with van der Waals surface area (Å²) in [7, 11) is -2.14. The van der Waals surface area contributed by atoms with Crippen LogP contribution in [0, 0.1) is 0 Å². The van der Waals surface area contributed by atoms with Gasteiger partial charge in [-0.05, 0) is 18.6 Å². The number of hydrogen-bond donors (Lipinski definition) is 1. The van der Waals surface area contributed by atoms with Gasteiger partial charge >= 0.3 is 0 Å². The summed E-state index contributed by atoms with van der Waals surface area (Å²) in [5, 5.41) is 0.434. The van der Waals surface area contributed by atoms with Gasteiger partial charge in [0.05, 0.1) is 7.11 Å². The summed E-state index contributed by atoms with van der Waals surface area (Å²) in [6.07, 6.45) is 0.676. The number of sulfonamides is 1. The summed E-state index contributed by atoms with van der Waals surface area (Å²) in [6.45, 7) is 0.781. The third kappa shape index (κ3) is 2.47. The lowest BCUT2D eigenvalue weighted by Crippen LogP contribution is -2.32. The molecular formula is C11H15ClN2O3S. The van der Waals surface area contributed by atoms with Gasteiger partial charge in [0.15, 0.2) is 0 Å². The zero-order valence-electron chi connectivity index (χ0n) is 9.97. The zero-order valence-corrected chi connectivity index (χ0v) is 11.5.